The molecule has 5 rings (SSSR count). The van der Waals surface area contributed by atoms with E-state index in [0.717, 1.165) is 52.0 Å². The summed E-state index contributed by atoms with van der Waals surface area (Å²) in [5.74, 6) is 2.18. The summed E-state index contributed by atoms with van der Waals surface area (Å²) >= 11 is 0. The highest BCUT2D eigenvalue weighted by molar-refractivity contribution is 6.22. The molecule has 208 valence electrons. The fraction of sp³-hybridized carbons (Fsp3) is 0.290. The quantitative estimate of drug-likeness (QED) is 0.437. The highest BCUT2D eigenvalue weighted by Gasteiger charge is 2.21. The molecule has 0 bridgehead atoms. The van der Waals surface area contributed by atoms with Gasteiger partial charge in [0.05, 0.1) is 12.8 Å². The molecule has 9 nitrogen and oxygen atoms in total. The van der Waals surface area contributed by atoms with Crippen molar-refractivity contribution in [2.24, 2.45) is 4.99 Å². The number of fused-ring (bicyclic) bond motifs is 2. The smallest absolute Gasteiger partial charge is 0.415 e. The van der Waals surface area contributed by atoms with Gasteiger partial charge in [0.2, 0.25) is 6.79 Å². The number of hydrogen-bond acceptors (Lipinski definition) is 8. The Kier molecular flexibility index (Phi) is 7.93. The molecule has 0 radical (unpaired) electrons. The van der Waals surface area contributed by atoms with Gasteiger partial charge in [-0.3, -0.25) is 4.99 Å². The number of methoxy groups -OCH3 is 1. The maximum atomic E-state index is 13.0. The molecule has 3 aromatic rings. The minimum atomic E-state index is -0.491. The molecule has 9 heteroatoms. The molecule has 0 saturated carbocycles. The van der Waals surface area contributed by atoms with Gasteiger partial charge in [0.15, 0.2) is 23.0 Å². The maximum absolute atomic E-state index is 13.0. The van der Waals surface area contributed by atoms with E-state index in [1.54, 1.807) is 18.0 Å². The van der Waals surface area contributed by atoms with Crippen molar-refractivity contribution in [1.29, 1.82) is 0 Å². The molecule has 0 atom stereocenters. The van der Waals surface area contributed by atoms with Crippen LogP contribution in [-0.4, -0.2) is 69.2 Å². The predicted molar refractivity (Wildman–Crippen MR) is 156 cm³/mol. The topological polar surface area (TPSA) is 98.9 Å². The molecule has 0 aromatic heterocycles. The average molecular weight is 543 g/mol. The van der Waals surface area contributed by atoms with Crippen molar-refractivity contribution < 1.29 is 23.7 Å². The van der Waals surface area contributed by atoms with Crippen LogP contribution in [0.2, 0.25) is 0 Å². The fourth-order valence-corrected chi connectivity index (χ4v) is 4.70. The first-order valence-electron chi connectivity index (χ1n) is 13.1. The average Bonchev–Trinajstić information content (AvgIpc) is 3.41. The van der Waals surface area contributed by atoms with Gasteiger partial charge in [0, 0.05) is 49.7 Å². The van der Waals surface area contributed by atoms with E-state index in [1.165, 1.54) is 7.11 Å². The number of carbonyl (C=O) groups is 1. The number of amides is 1. The van der Waals surface area contributed by atoms with Crippen molar-refractivity contribution in [1.82, 2.24) is 9.80 Å². The Balaban J connectivity index is 1.31. The standard InChI is InChI=1S/C31H34N4O5/c1-20-22(15-26-25-17-29-28(38-19-39-29)16-23(25)11-12-33-26)7-10-27(37-4)30(20)40-31(36)35(3)14-13-34(2)18-21-5-8-24(32)9-6-21/h5-10,15-17H,1,11-14,18-19,32H2,2-4H3/b22-15-. The lowest BCUT2D eigenvalue weighted by Gasteiger charge is -2.22. The van der Waals surface area contributed by atoms with Crippen LogP contribution in [0.15, 0.2) is 53.5 Å². The lowest BCUT2D eigenvalue weighted by molar-refractivity contribution is 0.154. The van der Waals surface area contributed by atoms with Crippen molar-refractivity contribution in [3.8, 4) is 23.0 Å². The van der Waals surface area contributed by atoms with Gasteiger partial charge < -0.3 is 34.5 Å². The number of rotatable bonds is 8. The van der Waals surface area contributed by atoms with E-state index in [4.69, 9.17) is 29.7 Å². The number of ether oxygens (including phenoxy) is 4. The Hall–Kier alpha value is -4.50. The normalized spacial score (nSPS) is 14.1. The lowest BCUT2D eigenvalue weighted by Crippen LogP contribution is -2.38. The number of nitrogen functional groups attached to an aromatic ring is 1. The molecular formula is C31H34N4O5. The summed E-state index contributed by atoms with van der Waals surface area (Å²) in [7, 11) is 5.25. The summed E-state index contributed by atoms with van der Waals surface area (Å²) in [6, 6.07) is 15.4. The summed E-state index contributed by atoms with van der Waals surface area (Å²) in [5, 5.41) is 1.32. The Morgan fingerprint density at radius 3 is 2.60 bits per heavy atom. The van der Waals surface area contributed by atoms with E-state index in [1.807, 2.05) is 55.6 Å². The maximum Gasteiger partial charge on any atom is 0.415 e. The van der Waals surface area contributed by atoms with E-state index < -0.39 is 6.09 Å². The molecule has 0 aliphatic carbocycles. The van der Waals surface area contributed by atoms with Gasteiger partial charge in [0.1, 0.15) is 0 Å². The number of likely N-dealkylation sites (N-methyl/N-ethyl adjacent to an activating group) is 2. The largest absolute Gasteiger partial charge is 0.493 e. The van der Waals surface area contributed by atoms with Crippen molar-refractivity contribution >= 4 is 30.1 Å². The van der Waals surface area contributed by atoms with Crippen LogP contribution in [0.4, 0.5) is 10.5 Å². The second kappa shape index (κ2) is 11.7. The van der Waals surface area contributed by atoms with Crippen LogP contribution in [0.25, 0.3) is 12.7 Å². The highest BCUT2D eigenvalue weighted by Crippen LogP contribution is 2.36. The van der Waals surface area contributed by atoms with E-state index in [9.17, 15) is 4.79 Å². The molecule has 0 fully saturated rings. The van der Waals surface area contributed by atoms with Crippen molar-refractivity contribution in [2.75, 3.05) is 53.4 Å². The zero-order valence-corrected chi connectivity index (χ0v) is 23.1. The van der Waals surface area contributed by atoms with Crippen LogP contribution in [0.1, 0.15) is 16.7 Å². The Morgan fingerprint density at radius 2 is 1.85 bits per heavy atom. The van der Waals surface area contributed by atoms with Gasteiger partial charge >= 0.3 is 6.09 Å². The number of carbonyl (C=O) groups excluding carboxylic acids is 1. The molecule has 1 amide bonds. The van der Waals surface area contributed by atoms with E-state index in [-0.39, 0.29) is 12.5 Å². The highest BCUT2D eigenvalue weighted by atomic mass is 16.7. The first kappa shape index (κ1) is 27.1. The third-order valence-electron chi connectivity index (χ3n) is 7.06. The summed E-state index contributed by atoms with van der Waals surface area (Å²) < 4.78 is 22.4. The predicted octanol–water partition coefficient (Wildman–Crippen LogP) is 2.80. The molecular weight excluding hydrogens is 508 g/mol. The van der Waals surface area contributed by atoms with Gasteiger partial charge in [0.25, 0.3) is 0 Å². The number of nitrogens with zero attached hydrogens (tertiary/aromatic N) is 3. The summed E-state index contributed by atoms with van der Waals surface area (Å²) in [5.41, 5.74) is 10.6. The zero-order valence-electron chi connectivity index (χ0n) is 23.1. The van der Waals surface area contributed by atoms with E-state index in [2.05, 4.69) is 11.5 Å². The first-order valence-corrected chi connectivity index (χ1v) is 13.1. The Morgan fingerprint density at radius 1 is 1.10 bits per heavy atom. The summed E-state index contributed by atoms with van der Waals surface area (Å²) in [6.07, 6.45) is 2.29. The van der Waals surface area contributed by atoms with Crippen LogP contribution in [-0.2, 0) is 13.0 Å². The molecule has 0 unspecified atom stereocenters. The Bertz CT molecular complexity index is 1550. The summed E-state index contributed by atoms with van der Waals surface area (Å²) in [6.45, 7) is 7.00. The number of hydrogen-bond donors (Lipinski definition) is 1. The molecule has 40 heavy (non-hydrogen) atoms. The fourth-order valence-electron chi connectivity index (χ4n) is 4.70. The van der Waals surface area contributed by atoms with Gasteiger partial charge in [-0.2, -0.15) is 0 Å². The second-order valence-electron chi connectivity index (χ2n) is 9.96. The van der Waals surface area contributed by atoms with E-state index in [0.29, 0.717) is 36.4 Å². The third kappa shape index (κ3) is 5.89. The Labute approximate surface area is 233 Å². The molecule has 2 heterocycles. The number of aliphatic imine (C=N–C) groups is 1. The molecule has 0 saturated heterocycles. The van der Waals surface area contributed by atoms with Crippen molar-refractivity contribution in [2.45, 2.75) is 13.0 Å². The minimum Gasteiger partial charge on any atom is -0.493 e. The van der Waals surface area contributed by atoms with Gasteiger partial charge in [-0.1, -0.05) is 24.8 Å². The van der Waals surface area contributed by atoms with Gasteiger partial charge in [-0.05, 0) is 66.2 Å². The summed E-state index contributed by atoms with van der Waals surface area (Å²) in [4.78, 5) is 21.5. The molecule has 2 aliphatic heterocycles. The monoisotopic (exact) mass is 542 g/mol. The number of benzene rings is 3. The molecule has 3 aromatic carbocycles. The molecule has 0 spiro atoms. The van der Waals surface area contributed by atoms with Crippen molar-refractivity contribution in [3.63, 3.8) is 0 Å². The van der Waals surface area contributed by atoms with Crippen LogP contribution < -0.4 is 35.1 Å². The number of nitrogens with two attached hydrogens (primary N) is 1. The minimum absolute atomic E-state index is 0.220. The first-order chi connectivity index (χ1) is 19.3. The molecule has 2 aliphatic rings. The van der Waals surface area contributed by atoms with Gasteiger partial charge in [-0.25, -0.2) is 4.79 Å². The van der Waals surface area contributed by atoms with E-state index >= 15 is 0 Å². The molecule has 2 N–H and O–H groups in total. The van der Waals surface area contributed by atoms with Crippen molar-refractivity contribution in [3.05, 3.63) is 75.7 Å². The van der Waals surface area contributed by atoms with Crippen LogP contribution >= 0.6 is 0 Å². The lowest BCUT2D eigenvalue weighted by atomic mass is 9.96. The van der Waals surface area contributed by atoms with Crippen LogP contribution in [0.3, 0.4) is 0 Å². The SMILES string of the molecule is C=c1c(OC(=O)N(C)CCN(C)Cc2ccc(N)cc2)c(OC)cc/c1=C/C1=NCCc2cc3c(cc21)OCO3. The van der Waals surface area contributed by atoms with Crippen LogP contribution in [0.5, 0.6) is 23.0 Å². The second-order valence-corrected chi connectivity index (χ2v) is 9.96. The third-order valence-corrected chi connectivity index (χ3v) is 7.06. The van der Waals surface area contributed by atoms with Crippen LogP contribution in [0, 0.1) is 0 Å². The zero-order chi connectivity index (χ0) is 28.2. The number of anilines is 1. The van der Waals surface area contributed by atoms with Gasteiger partial charge in [-0.15, -0.1) is 0 Å².